The van der Waals surface area contributed by atoms with E-state index >= 15 is 0 Å². The van der Waals surface area contributed by atoms with E-state index in [0.717, 1.165) is 19.6 Å². The van der Waals surface area contributed by atoms with Crippen molar-refractivity contribution >= 4 is 5.69 Å². The second-order valence-corrected chi connectivity index (χ2v) is 4.22. The van der Waals surface area contributed by atoms with Gasteiger partial charge in [0.1, 0.15) is 0 Å². The third-order valence-corrected chi connectivity index (χ3v) is 3.11. The summed E-state index contributed by atoms with van der Waals surface area (Å²) in [6, 6.07) is 8.97. The van der Waals surface area contributed by atoms with Crippen LogP contribution in [0.25, 0.3) is 0 Å². The number of likely N-dealkylation sites (N-methyl/N-ethyl adjacent to an activating group) is 1. The zero-order valence-corrected chi connectivity index (χ0v) is 11.4. The molecule has 0 aliphatic carbocycles. The molecule has 1 N–H and O–H groups in total. The lowest BCUT2D eigenvalue weighted by Crippen LogP contribution is -2.25. The highest BCUT2D eigenvalue weighted by Gasteiger charge is 2.13. The minimum Gasteiger partial charge on any atom is -0.383 e. The van der Waals surface area contributed by atoms with Crippen LogP contribution in [0.2, 0.25) is 0 Å². The van der Waals surface area contributed by atoms with Crippen molar-refractivity contribution in [3.8, 4) is 0 Å². The number of hydrogen-bond acceptors (Lipinski definition) is 3. The standard InChI is InChI=1S/C14H24N2O/c1-5-13(15-2)12-8-6-7-9-14(12)16(3)10-11-17-4/h6-9,13,15H,5,10-11H2,1-4H3. The van der Waals surface area contributed by atoms with Crippen LogP contribution in [0.3, 0.4) is 0 Å². The van der Waals surface area contributed by atoms with Crippen molar-refractivity contribution in [3.63, 3.8) is 0 Å². The van der Waals surface area contributed by atoms with Crippen LogP contribution in [-0.2, 0) is 4.74 Å². The summed E-state index contributed by atoms with van der Waals surface area (Å²) in [4.78, 5) is 2.25. The molecular weight excluding hydrogens is 212 g/mol. The van der Waals surface area contributed by atoms with Crippen LogP contribution in [-0.4, -0.2) is 34.4 Å². The number of ether oxygens (including phenoxy) is 1. The van der Waals surface area contributed by atoms with Gasteiger partial charge in [-0.05, 0) is 25.1 Å². The van der Waals surface area contributed by atoms with Crippen LogP contribution in [0, 0.1) is 0 Å². The van der Waals surface area contributed by atoms with E-state index in [0.29, 0.717) is 6.04 Å². The predicted molar refractivity (Wildman–Crippen MR) is 73.7 cm³/mol. The maximum absolute atomic E-state index is 5.13. The molecule has 96 valence electrons. The summed E-state index contributed by atoms with van der Waals surface area (Å²) in [5.41, 5.74) is 2.64. The summed E-state index contributed by atoms with van der Waals surface area (Å²) in [5.74, 6) is 0. The van der Waals surface area contributed by atoms with Crippen molar-refractivity contribution in [3.05, 3.63) is 29.8 Å². The monoisotopic (exact) mass is 236 g/mol. The van der Waals surface area contributed by atoms with Gasteiger partial charge in [0, 0.05) is 32.4 Å². The summed E-state index contributed by atoms with van der Waals surface area (Å²) >= 11 is 0. The smallest absolute Gasteiger partial charge is 0.0637 e. The Hall–Kier alpha value is -1.06. The van der Waals surface area contributed by atoms with Crippen molar-refractivity contribution < 1.29 is 4.74 Å². The van der Waals surface area contributed by atoms with Gasteiger partial charge in [0.25, 0.3) is 0 Å². The second kappa shape index (κ2) is 7.30. The topological polar surface area (TPSA) is 24.5 Å². The molecule has 1 unspecified atom stereocenters. The van der Waals surface area contributed by atoms with Crippen LogP contribution < -0.4 is 10.2 Å². The fourth-order valence-corrected chi connectivity index (χ4v) is 2.06. The summed E-state index contributed by atoms with van der Waals surface area (Å²) in [5, 5.41) is 3.36. The number of nitrogens with zero attached hydrogens (tertiary/aromatic N) is 1. The quantitative estimate of drug-likeness (QED) is 0.787. The molecule has 0 saturated carbocycles. The molecule has 0 aliphatic rings. The van der Waals surface area contributed by atoms with Crippen molar-refractivity contribution in [2.45, 2.75) is 19.4 Å². The lowest BCUT2D eigenvalue weighted by molar-refractivity contribution is 0.206. The predicted octanol–water partition coefficient (Wildman–Crippen LogP) is 2.44. The van der Waals surface area contributed by atoms with Gasteiger partial charge >= 0.3 is 0 Å². The largest absolute Gasteiger partial charge is 0.383 e. The number of benzene rings is 1. The molecule has 0 spiro atoms. The van der Waals surface area contributed by atoms with Crippen LogP contribution in [0.15, 0.2) is 24.3 Å². The maximum Gasteiger partial charge on any atom is 0.0637 e. The molecule has 0 bridgehead atoms. The van der Waals surface area contributed by atoms with E-state index in [4.69, 9.17) is 4.74 Å². The first-order valence-corrected chi connectivity index (χ1v) is 6.20. The van der Waals surface area contributed by atoms with E-state index in [1.54, 1.807) is 7.11 Å². The molecule has 3 heteroatoms. The molecule has 0 saturated heterocycles. The van der Waals surface area contributed by atoms with Gasteiger partial charge in [-0.2, -0.15) is 0 Å². The minimum atomic E-state index is 0.413. The Balaban J connectivity index is 2.90. The Morgan fingerprint density at radius 1 is 1.35 bits per heavy atom. The van der Waals surface area contributed by atoms with E-state index in [2.05, 4.69) is 48.5 Å². The molecule has 0 heterocycles. The zero-order chi connectivity index (χ0) is 12.7. The molecule has 0 fully saturated rings. The van der Waals surface area contributed by atoms with Crippen LogP contribution >= 0.6 is 0 Å². The maximum atomic E-state index is 5.13. The normalized spacial score (nSPS) is 12.5. The summed E-state index contributed by atoms with van der Waals surface area (Å²) in [7, 11) is 5.86. The van der Waals surface area contributed by atoms with E-state index in [-0.39, 0.29) is 0 Å². The summed E-state index contributed by atoms with van der Waals surface area (Å²) < 4.78 is 5.13. The van der Waals surface area contributed by atoms with Crippen LogP contribution in [0.5, 0.6) is 0 Å². The van der Waals surface area contributed by atoms with Gasteiger partial charge in [-0.25, -0.2) is 0 Å². The number of para-hydroxylation sites is 1. The second-order valence-electron chi connectivity index (χ2n) is 4.22. The van der Waals surface area contributed by atoms with Crippen molar-refractivity contribution in [1.82, 2.24) is 5.32 Å². The molecule has 17 heavy (non-hydrogen) atoms. The van der Waals surface area contributed by atoms with Gasteiger partial charge in [-0.3, -0.25) is 0 Å². The molecule has 1 aromatic carbocycles. The van der Waals surface area contributed by atoms with Crippen LogP contribution in [0.1, 0.15) is 24.9 Å². The molecule has 0 aliphatic heterocycles. The van der Waals surface area contributed by atoms with E-state index in [9.17, 15) is 0 Å². The average Bonchev–Trinajstić information content (AvgIpc) is 2.38. The number of nitrogens with one attached hydrogen (secondary N) is 1. The van der Waals surface area contributed by atoms with E-state index in [1.807, 2.05) is 7.05 Å². The molecule has 0 radical (unpaired) electrons. The number of methoxy groups -OCH3 is 1. The average molecular weight is 236 g/mol. The van der Waals surface area contributed by atoms with Gasteiger partial charge < -0.3 is 15.0 Å². The Bertz CT molecular complexity index is 324. The first kappa shape index (κ1) is 14.0. The first-order valence-electron chi connectivity index (χ1n) is 6.20. The molecule has 1 aromatic rings. The lowest BCUT2D eigenvalue weighted by atomic mass is 10.0. The van der Waals surface area contributed by atoms with Crippen LogP contribution in [0.4, 0.5) is 5.69 Å². The summed E-state index contributed by atoms with van der Waals surface area (Å²) in [6.07, 6.45) is 1.09. The fourth-order valence-electron chi connectivity index (χ4n) is 2.06. The Labute approximate surface area is 105 Å². The summed E-state index contributed by atoms with van der Waals surface area (Å²) in [6.45, 7) is 3.86. The third-order valence-electron chi connectivity index (χ3n) is 3.11. The molecule has 0 aromatic heterocycles. The van der Waals surface area contributed by atoms with Gasteiger partial charge in [-0.15, -0.1) is 0 Å². The SMILES string of the molecule is CCC(NC)c1ccccc1N(C)CCOC. The molecular formula is C14H24N2O. The fraction of sp³-hybridized carbons (Fsp3) is 0.571. The van der Waals surface area contributed by atoms with Crippen molar-refractivity contribution in [2.75, 3.05) is 39.3 Å². The Morgan fingerprint density at radius 3 is 2.65 bits per heavy atom. The van der Waals surface area contributed by atoms with Crippen molar-refractivity contribution in [1.29, 1.82) is 0 Å². The van der Waals surface area contributed by atoms with Gasteiger partial charge in [-0.1, -0.05) is 25.1 Å². The molecule has 1 rings (SSSR count). The van der Waals surface area contributed by atoms with E-state index < -0.39 is 0 Å². The highest BCUT2D eigenvalue weighted by atomic mass is 16.5. The van der Waals surface area contributed by atoms with Gasteiger partial charge in [0.2, 0.25) is 0 Å². The minimum absolute atomic E-state index is 0.413. The zero-order valence-electron chi connectivity index (χ0n) is 11.4. The number of rotatable bonds is 7. The lowest BCUT2D eigenvalue weighted by Gasteiger charge is -2.25. The first-order chi connectivity index (χ1) is 8.24. The highest BCUT2D eigenvalue weighted by molar-refractivity contribution is 5.54. The molecule has 0 amide bonds. The number of hydrogen-bond donors (Lipinski definition) is 1. The van der Waals surface area contributed by atoms with E-state index in [1.165, 1.54) is 11.3 Å². The van der Waals surface area contributed by atoms with Gasteiger partial charge in [0.05, 0.1) is 6.61 Å². The van der Waals surface area contributed by atoms with Gasteiger partial charge in [0.15, 0.2) is 0 Å². The molecule has 1 atom stereocenters. The molecule has 3 nitrogen and oxygen atoms in total. The van der Waals surface area contributed by atoms with Crippen molar-refractivity contribution in [2.24, 2.45) is 0 Å². The number of anilines is 1. The Morgan fingerprint density at radius 2 is 2.06 bits per heavy atom. The third kappa shape index (κ3) is 3.72. The highest BCUT2D eigenvalue weighted by Crippen LogP contribution is 2.27. The Kier molecular flexibility index (Phi) is 6.01.